The van der Waals surface area contributed by atoms with Crippen molar-refractivity contribution >= 4 is 0 Å². The van der Waals surface area contributed by atoms with Crippen LogP contribution in [-0.2, 0) is 11.4 Å². The summed E-state index contributed by atoms with van der Waals surface area (Å²) >= 11 is 0. The Balaban J connectivity index is 2.47. The Labute approximate surface area is 91.6 Å². The van der Waals surface area contributed by atoms with Crippen LogP contribution in [0.1, 0.15) is 46.4 Å². The fourth-order valence-corrected chi connectivity index (χ4v) is 1.26. The van der Waals surface area contributed by atoms with E-state index >= 15 is 0 Å². The SMILES string of the molecule is CC(C)n1cncc1CNOC(C)(C)C. The zero-order valence-corrected chi connectivity index (χ0v) is 10.2. The molecule has 0 spiro atoms. The lowest BCUT2D eigenvalue weighted by Gasteiger charge is -2.20. The van der Waals surface area contributed by atoms with Gasteiger partial charge in [0.05, 0.1) is 24.2 Å². The summed E-state index contributed by atoms with van der Waals surface area (Å²) in [6.07, 6.45) is 3.71. The zero-order valence-electron chi connectivity index (χ0n) is 10.2. The molecule has 0 fully saturated rings. The maximum absolute atomic E-state index is 5.45. The fraction of sp³-hybridized carbons (Fsp3) is 0.727. The minimum Gasteiger partial charge on any atom is -0.331 e. The van der Waals surface area contributed by atoms with Crippen LogP contribution in [0.4, 0.5) is 0 Å². The van der Waals surface area contributed by atoms with Crippen LogP contribution in [-0.4, -0.2) is 15.2 Å². The molecule has 0 unspecified atom stereocenters. The Kier molecular flexibility index (Phi) is 3.88. The first-order valence-corrected chi connectivity index (χ1v) is 5.32. The fourth-order valence-electron chi connectivity index (χ4n) is 1.26. The topological polar surface area (TPSA) is 39.1 Å². The first-order chi connectivity index (χ1) is 6.90. The van der Waals surface area contributed by atoms with Crippen LogP contribution in [0.25, 0.3) is 0 Å². The summed E-state index contributed by atoms with van der Waals surface area (Å²) in [4.78, 5) is 9.57. The normalized spacial score (nSPS) is 12.4. The molecule has 0 saturated heterocycles. The van der Waals surface area contributed by atoms with E-state index in [1.165, 1.54) is 0 Å². The number of hydroxylamine groups is 1. The highest BCUT2D eigenvalue weighted by Crippen LogP contribution is 2.09. The van der Waals surface area contributed by atoms with E-state index in [-0.39, 0.29) is 5.60 Å². The van der Waals surface area contributed by atoms with Gasteiger partial charge in [-0.15, -0.1) is 0 Å². The third-order valence-corrected chi connectivity index (χ3v) is 1.93. The third-order valence-electron chi connectivity index (χ3n) is 1.93. The van der Waals surface area contributed by atoms with Crippen LogP contribution in [0.5, 0.6) is 0 Å². The quantitative estimate of drug-likeness (QED) is 0.777. The van der Waals surface area contributed by atoms with Gasteiger partial charge in [0.15, 0.2) is 0 Å². The van der Waals surface area contributed by atoms with E-state index in [1.807, 2.05) is 33.3 Å². The summed E-state index contributed by atoms with van der Waals surface area (Å²) in [7, 11) is 0. The summed E-state index contributed by atoms with van der Waals surface area (Å²) in [5, 5.41) is 0. The molecule has 0 aliphatic carbocycles. The first-order valence-electron chi connectivity index (χ1n) is 5.32. The molecule has 0 aliphatic heterocycles. The number of imidazole rings is 1. The minimum atomic E-state index is -0.164. The summed E-state index contributed by atoms with van der Waals surface area (Å²) in [5.41, 5.74) is 3.93. The van der Waals surface area contributed by atoms with Gasteiger partial charge in [-0.3, -0.25) is 4.84 Å². The Morgan fingerprint density at radius 2 is 2.13 bits per heavy atom. The van der Waals surface area contributed by atoms with E-state index in [0.717, 1.165) is 5.69 Å². The number of nitrogens with zero attached hydrogens (tertiary/aromatic N) is 2. The van der Waals surface area contributed by atoms with Crippen LogP contribution >= 0.6 is 0 Å². The molecule has 86 valence electrons. The van der Waals surface area contributed by atoms with Crippen molar-refractivity contribution in [1.82, 2.24) is 15.0 Å². The Morgan fingerprint density at radius 3 is 2.67 bits per heavy atom. The lowest BCUT2D eigenvalue weighted by Crippen LogP contribution is -2.29. The highest BCUT2D eigenvalue weighted by atomic mass is 16.7. The van der Waals surface area contributed by atoms with Crippen LogP contribution in [0.3, 0.4) is 0 Å². The molecule has 4 nitrogen and oxygen atoms in total. The van der Waals surface area contributed by atoms with Crippen molar-refractivity contribution in [2.24, 2.45) is 0 Å². The van der Waals surface area contributed by atoms with E-state index in [0.29, 0.717) is 12.6 Å². The van der Waals surface area contributed by atoms with Crippen LogP contribution in [0.2, 0.25) is 0 Å². The van der Waals surface area contributed by atoms with Gasteiger partial charge in [0.2, 0.25) is 0 Å². The smallest absolute Gasteiger partial charge is 0.0951 e. The molecule has 0 atom stereocenters. The molecular weight excluding hydrogens is 190 g/mol. The highest BCUT2D eigenvalue weighted by Gasteiger charge is 2.11. The van der Waals surface area contributed by atoms with E-state index in [9.17, 15) is 0 Å². The lowest BCUT2D eigenvalue weighted by atomic mass is 10.2. The highest BCUT2D eigenvalue weighted by molar-refractivity contribution is 4.98. The number of hydrogen-bond donors (Lipinski definition) is 1. The van der Waals surface area contributed by atoms with E-state index < -0.39 is 0 Å². The van der Waals surface area contributed by atoms with Crippen molar-refractivity contribution in [2.75, 3.05) is 0 Å². The maximum atomic E-state index is 5.45. The first kappa shape index (κ1) is 12.2. The number of aromatic nitrogens is 2. The maximum Gasteiger partial charge on any atom is 0.0951 e. The average Bonchev–Trinajstić information content (AvgIpc) is 2.49. The second-order valence-electron chi connectivity index (χ2n) is 4.92. The summed E-state index contributed by atoms with van der Waals surface area (Å²) in [6, 6.07) is 0.430. The molecule has 0 bridgehead atoms. The molecule has 0 saturated carbocycles. The molecule has 0 aromatic carbocycles. The molecule has 0 amide bonds. The summed E-state index contributed by atoms with van der Waals surface area (Å²) in [6.45, 7) is 11.0. The van der Waals surface area contributed by atoms with Gasteiger partial charge in [-0.2, -0.15) is 5.48 Å². The van der Waals surface area contributed by atoms with Crippen molar-refractivity contribution in [3.63, 3.8) is 0 Å². The van der Waals surface area contributed by atoms with Crippen LogP contribution in [0, 0.1) is 0 Å². The lowest BCUT2D eigenvalue weighted by molar-refractivity contribution is -0.0764. The van der Waals surface area contributed by atoms with Crippen LogP contribution < -0.4 is 5.48 Å². The van der Waals surface area contributed by atoms with Crippen molar-refractivity contribution in [1.29, 1.82) is 0 Å². The molecule has 0 radical (unpaired) electrons. The van der Waals surface area contributed by atoms with E-state index in [2.05, 4.69) is 28.9 Å². The van der Waals surface area contributed by atoms with Gasteiger partial charge in [0.1, 0.15) is 0 Å². The third kappa shape index (κ3) is 4.01. The van der Waals surface area contributed by atoms with Gasteiger partial charge in [0.25, 0.3) is 0 Å². The standard InChI is InChI=1S/C11H21N3O/c1-9(2)14-8-12-6-10(14)7-13-15-11(3,4)5/h6,8-9,13H,7H2,1-5H3. The van der Waals surface area contributed by atoms with Gasteiger partial charge in [-0.05, 0) is 34.6 Å². The minimum absolute atomic E-state index is 0.164. The predicted octanol–water partition coefficient (Wildman–Crippen LogP) is 2.28. The Bertz CT molecular complexity index is 299. The Morgan fingerprint density at radius 1 is 1.47 bits per heavy atom. The zero-order chi connectivity index (χ0) is 11.5. The molecule has 0 aliphatic rings. The van der Waals surface area contributed by atoms with Gasteiger partial charge >= 0.3 is 0 Å². The molecular formula is C11H21N3O. The van der Waals surface area contributed by atoms with Crippen molar-refractivity contribution < 1.29 is 4.84 Å². The molecule has 15 heavy (non-hydrogen) atoms. The monoisotopic (exact) mass is 211 g/mol. The van der Waals surface area contributed by atoms with Gasteiger partial charge in [-0.1, -0.05) is 0 Å². The Hall–Kier alpha value is -0.870. The summed E-state index contributed by atoms with van der Waals surface area (Å²) in [5.74, 6) is 0. The molecule has 1 heterocycles. The predicted molar refractivity (Wildman–Crippen MR) is 60.3 cm³/mol. The summed E-state index contributed by atoms with van der Waals surface area (Å²) < 4.78 is 2.12. The van der Waals surface area contributed by atoms with E-state index in [1.54, 1.807) is 0 Å². The van der Waals surface area contributed by atoms with Crippen molar-refractivity contribution in [3.8, 4) is 0 Å². The van der Waals surface area contributed by atoms with E-state index in [4.69, 9.17) is 4.84 Å². The molecule has 1 aromatic heterocycles. The average molecular weight is 211 g/mol. The molecule has 1 rings (SSSR count). The largest absolute Gasteiger partial charge is 0.331 e. The second kappa shape index (κ2) is 4.77. The van der Waals surface area contributed by atoms with Crippen molar-refractivity contribution in [3.05, 3.63) is 18.2 Å². The molecule has 1 N–H and O–H groups in total. The molecule has 4 heteroatoms. The van der Waals surface area contributed by atoms with Crippen LogP contribution in [0.15, 0.2) is 12.5 Å². The van der Waals surface area contributed by atoms with Crippen molar-refractivity contribution in [2.45, 2.75) is 52.8 Å². The van der Waals surface area contributed by atoms with Gasteiger partial charge in [-0.25, -0.2) is 4.98 Å². The second-order valence-corrected chi connectivity index (χ2v) is 4.92. The number of nitrogens with one attached hydrogen (secondary N) is 1. The molecule has 1 aromatic rings. The van der Waals surface area contributed by atoms with Gasteiger partial charge in [0, 0.05) is 12.2 Å². The number of rotatable bonds is 4. The number of hydrogen-bond acceptors (Lipinski definition) is 3. The van der Waals surface area contributed by atoms with Gasteiger partial charge < -0.3 is 4.57 Å².